The van der Waals surface area contributed by atoms with Crippen LogP contribution in [0.3, 0.4) is 0 Å². The quantitative estimate of drug-likeness (QED) is 0.874. The van der Waals surface area contributed by atoms with Gasteiger partial charge in [-0.1, -0.05) is 32.9 Å². The van der Waals surface area contributed by atoms with Crippen molar-refractivity contribution < 1.29 is 4.74 Å². The zero-order valence-corrected chi connectivity index (χ0v) is 14.5. The Bertz CT molecular complexity index is 648. The average Bonchev–Trinajstić information content (AvgIpc) is 2.39. The summed E-state index contributed by atoms with van der Waals surface area (Å²) in [7, 11) is 0. The van der Waals surface area contributed by atoms with E-state index in [1.165, 1.54) is 0 Å². The summed E-state index contributed by atoms with van der Waals surface area (Å²) in [6, 6.07) is 8.21. The summed E-state index contributed by atoms with van der Waals surface area (Å²) in [5.41, 5.74) is 8.98. The number of nitrogens with zero attached hydrogens (tertiary/aromatic N) is 1. The Morgan fingerprint density at radius 1 is 1.24 bits per heavy atom. The van der Waals surface area contributed by atoms with E-state index in [1.54, 1.807) is 6.20 Å². The molecule has 0 saturated carbocycles. The van der Waals surface area contributed by atoms with Crippen molar-refractivity contribution in [2.24, 2.45) is 5.73 Å². The van der Waals surface area contributed by atoms with E-state index in [-0.39, 0.29) is 5.41 Å². The van der Waals surface area contributed by atoms with Crippen LogP contribution in [0.1, 0.15) is 37.5 Å². The largest absolute Gasteiger partial charge is 0.438 e. The van der Waals surface area contributed by atoms with Crippen LogP contribution in [0.25, 0.3) is 0 Å². The van der Waals surface area contributed by atoms with E-state index >= 15 is 0 Å². The second-order valence-corrected chi connectivity index (χ2v) is 7.09. The lowest BCUT2D eigenvalue weighted by Gasteiger charge is -2.23. The van der Waals surface area contributed by atoms with Crippen LogP contribution in [0, 0.1) is 6.92 Å². The highest BCUT2D eigenvalue weighted by atomic mass is 79.9. The van der Waals surface area contributed by atoms with Gasteiger partial charge in [-0.25, -0.2) is 4.98 Å². The van der Waals surface area contributed by atoms with Gasteiger partial charge in [-0.3, -0.25) is 0 Å². The normalized spacial score (nSPS) is 11.5. The lowest BCUT2D eigenvalue weighted by atomic mass is 9.86. The summed E-state index contributed by atoms with van der Waals surface area (Å²) in [6.07, 6.45) is 1.72. The topological polar surface area (TPSA) is 48.1 Å². The lowest BCUT2D eigenvalue weighted by Crippen LogP contribution is -2.13. The number of aryl methyl sites for hydroxylation is 1. The fourth-order valence-corrected chi connectivity index (χ4v) is 2.52. The molecule has 2 aromatic rings. The Morgan fingerprint density at radius 3 is 2.57 bits per heavy atom. The Labute approximate surface area is 134 Å². The third kappa shape index (κ3) is 3.83. The first-order valence-electron chi connectivity index (χ1n) is 6.94. The first-order valence-corrected chi connectivity index (χ1v) is 7.74. The molecule has 0 fully saturated rings. The molecule has 0 amide bonds. The Hall–Kier alpha value is -1.39. The second-order valence-electron chi connectivity index (χ2n) is 6.17. The summed E-state index contributed by atoms with van der Waals surface area (Å²) >= 11 is 3.41. The lowest BCUT2D eigenvalue weighted by molar-refractivity contribution is 0.434. The summed E-state index contributed by atoms with van der Waals surface area (Å²) in [6.45, 7) is 8.95. The summed E-state index contributed by atoms with van der Waals surface area (Å²) in [4.78, 5) is 4.35. The van der Waals surface area contributed by atoms with Gasteiger partial charge in [-0.2, -0.15) is 0 Å². The van der Waals surface area contributed by atoms with Crippen molar-refractivity contribution in [2.45, 2.75) is 39.7 Å². The van der Waals surface area contributed by atoms with E-state index in [4.69, 9.17) is 10.5 Å². The van der Waals surface area contributed by atoms with E-state index in [1.807, 2.05) is 12.1 Å². The molecular weight excluding hydrogens is 328 g/mol. The van der Waals surface area contributed by atoms with Crippen LogP contribution in [-0.4, -0.2) is 4.98 Å². The van der Waals surface area contributed by atoms with Crippen molar-refractivity contribution in [1.29, 1.82) is 0 Å². The van der Waals surface area contributed by atoms with Gasteiger partial charge in [0, 0.05) is 28.3 Å². The van der Waals surface area contributed by atoms with Crippen molar-refractivity contribution in [3.05, 3.63) is 51.6 Å². The van der Waals surface area contributed by atoms with Crippen molar-refractivity contribution in [3.63, 3.8) is 0 Å². The first kappa shape index (κ1) is 16.0. The molecule has 0 bridgehead atoms. The molecule has 0 radical (unpaired) electrons. The van der Waals surface area contributed by atoms with Crippen molar-refractivity contribution in [1.82, 2.24) is 4.98 Å². The summed E-state index contributed by atoms with van der Waals surface area (Å²) in [5.74, 6) is 1.41. The van der Waals surface area contributed by atoms with E-state index in [0.29, 0.717) is 12.4 Å². The standard InChI is InChI=1S/C17H21BrN2O/c1-11-5-6-14(17(2,3)4)15(7-11)21-16-12(9-19)8-13(18)10-20-16/h5-8,10H,9,19H2,1-4H3. The highest BCUT2D eigenvalue weighted by Crippen LogP contribution is 2.35. The molecule has 0 aliphatic heterocycles. The van der Waals surface area contributed by atoms with Gasteiger partial charge < -0.3 is 10.5 Å². The van der Waals surface area contributed by atoms with Gasteiger partial charge in [-0.15, -0.1) is 0 Å². The molecule has 112 valence electrons. The van der Waals surface area contributed by atoms with E-state index in [2.05, 4.69) is 60.7 Å². The van der Waals surface area contributed by atoms with Crippen molar-refractivity contribution in [2.75, 3.05) is 0 Å². The number of hydrogen-bond donors (Lipinski definition) is 1. The number of rotatable bonds is 3. The first-order chi connectivity index (χ1) is 9.81. The number of nitrogens with two attached hydrogens (primary N) is 1. The van der Waals surface area contributed by atoms with Crippen molar-refractivity contribution >= 4 is 15.9 Å². The molecule has 0 aliphatic carbocycles. The van der Waals surface area contributed by atoms with Crippen molar-refractivity contribution in [3.8, 4) is 11.6 Å². The molecule has 0 aliphatic rings. The van der Waals surface area contributed by atoms with Crippen LogP contribution < -0.4 is 10.5 Å². The van der Waals surface area contributed by atoms with E-state index in [9.17, 15) is 0 Å². The second kappa shape index (κ2) is 6.16. The van der Waals surface area contributed by atoms with Gasteiger partial charge >= 0.3 is 0 Å². The number of benzene rings is 1. The highest BCUT2D eigenvalue weighted by molar-refractivity contribution is 9.10. The molecule has 0 atom stereocenters. The maximum absolute atomic E-state index is 6.08. The average molecular weight is 349 g/mol. The van der Waals surface area contributed by atoms with Gasteiger partial charge in [0.25, 0.3) is 0 Å². The van der Waals surface area contributed by atoms with Crippen LogP contribution in [0.4, 0.5) is 0 Å². The Kier molecular flexibility index (Phi) is 4.69. The van der Waals surface area contributed by atoms with Gasteiger partial charge in [0.1, 0.15) is 5.75 Å². The third-order valence-electron chi connectivity index (χ3n) is 3.26. The molecule has 21 heavy (non-hydrogen) atoms. The molecule has 1 heterocycles. The van der Waals surface area contributed by atoms with Crippen LogP contribution in [0.2, 0.25) is 0 Å². The molecule has 1 aromatic heterocycles. The van der Waals surface area contributed by atoms with Gasteiger partial charge in [0.2, 0.25) is 5.88 Å². The Morgan fingerprint density at radius 2 is 1.95 bits per heavy atom. The van der Waals surface area contributed by atoms with Gasteiger partial charge in [0.05, 0.1) is 0 Å². The van der Waals surface area contributed by atoms with E-state index in [0.717, 1.165) is 26.9 Å². The van der Waals surface area contributed by atoms with Gasteiger partial charge in [-0.05, 0) is 46.0 Å². The van der Waals surface area contributed by atoms with Crippen LogP contribution in [0.5, 0.6) is 11.6 Å². The molecule has 0 saturated heterocycles. The third-order valence-corrected chi connectivity index (χ3v) is 3.70. The number of ether oxygens (including phenoxy) is 1. The van der Waals surface area contributed by atoms with Crippen LogP contribution >= 0.6 is 15.9 Å². The zero-order chi connectivity index (χ0) is 15.6. The minimum absolute atomic E-state index is 0.00126. The molecule has 0 unspecified atom stereocenters. The monoisotopic (exact) mass is 348 g/mol. The van der Waals surface area contributed by atoms with Crippen LogP contribution in [0.15, 0.2) is 34.9 Å². The summed E-state index contributed by atoms with van der Waals surface area (Å²) < 4.78 is 6.98. The minimum atomic E-state index is 0.00126. The summed E-state index contributed by atoms with van der Waals surface area (Å²) in [5, 5.41) is 0. The Balaban J connectivity index is 2.46. The molecule has 1 aromatic carbocycles. The number of aromatic nitrogens is 1. The van der Waals surface area contributed by atoms with E-state index < -0.39 is 0 Å². The molecule has 4 heteroatoms. The fourth-order valence-electron chi connectivity index (χ4n) is 2.14. The molecule has 2 rings (SSSR count). The molecular formula is C17H21BrN2O. The fraction of sp³-hybridized carbons (Fsp3) is 0.353. The predicted octanol–water partition coefficient (Wildman–Crippen LogP) is 4.70. The zero-order valence-electron chi connectivity index (χ0n) is 12.9. The minimum Gasteiger partial charge on any atom is -0.438 e. The highest BCUT2D eigenvalue weighted by Gasteiger charge is 2.20. The smallest absolute Gasteiger partial charge is 0.223 e. The van der Waals surface area contributed by atoms with Gasteiger partial charge in [0.15, 0.2) is 0 Å². The van der Waals surface area contributed by atoms with Crippen LogP contribution in [-0.2, 0) is 12.0 Å². The maximum Gasteiger partial charge on any atom is 0.223 e. The molecule has 2 N–H and O–H groups in total. The maximum atomic E-state index is 6.08. The number of halogens is 1. The SMILES string of the molecule is Cc1ccc(C(C)(C)C)c(Oc2ncc(Br)cc2CN)c1. The molecule has 0 spiro atoms. The number of hydrogen-bond acceptors (Lipinski definition) is 3. The molecule has 3 nitrogen and oxygen atoms in total. The predicted molar refractivity (Wildman–Crippen MR) is 89.8 cm³/mol. The number of pyridine rings is 1.